The first-order valence-corrected chi connectivity index (χ1v) is 8.87. The third-order valence-corrected chi connectivity index (χ3v) is 5.41. The molecule has 1 unspecified atom stereocenters. The van der Waals surface area contributed by atoms with Crippen LogP contribution in [0.1, 0.15) is 41.0 Å². The van der Waals surface area contributed by atoms with Gasteiger partial charge < -0.3 is 10.1 Å². The first-order chi connectivity index (χ1) is 10.1. The summed E-state index contributed by atoms with van der Waals surface area (Å²) < 4.78 is 6.69. The van der Waals surface area contributed by atoms with E-state index in [1.165, 1.54) is 21.6 Å². The average Bonchev–Trinajstić information content (AvgIpc) is 2.93. The van der Waals surface area contributed by atoms with E-state index in [2.05, 4.69) is 59.5 Å². The maximum absolute atomic E-state index is 5.52. The van der Waals surface area contributed by atoms with Crippen molar-refractivity contribution in [1.29, 1.82) is 0 Å². The fourth-order valence-corrected chi connectivity index (χ4v) is 3.85. The fourth-order valence-electron chi connectivity index (χ4n) is 2.44. The lowest BCUT2D eigenvalue weighted by Gasteiger charge is -2.22. The number of rotatable bonds is 6. The van der Waals surface area contributed by atoms with Crippen LogP contribution >= 0.6 is 27.3 Å². The number of hydrogen-bond donors (Lipinski definition) is 1. The second-order valence-electron chi connectivity index (χ2n) is 5.20. The van der Waals surface area contributed by atoms with Gasteiger partial charge in [-0.05, 0) is 61.0 Å². The molecule has 0 amide bonds. The molecule has 0 aliphatic heterocycles. The Bertz CT molecular complexity index is 609. The van der Waals surface area contributed by atoms with Crippen molar-refractivity contribution in [2.75, 3.05) is 13.7 Å². The van der Waals surface area contributed by atoms with Crippen molar-refractivity contribution in [2.45, 2.75) is 33.2 Å². The van der Waals surface area contributed by atoms with Gasteiger partial charge in [-0.1, -0.05) is 28.9 Å². The van der Waals surface area contributed by atoms with Crippen molar-refractivity contribution in [2.24, 2.45) is 0 Å². The van der Waals surface area contributed by atoms with Gasteiger partial charge in [0.2, 0.25) is 0 Å². The first kappa shape index (κ1) is 16.5. The lowest BCUT2D eigenvalue weighted by Crippen LogP contribution is -2.23. The van der Waals surface area contributed by atoms with Gasteiger partial charge in [-0.2, -0.15) is 0 Å². The van der Waals surface area contributed by atoms with E-state index >= 15 is 0 Å². The molecular formula is C17H22BrNOS. The van der Waals surface area contributed by atoms with Crippen LogP contribution in [-0.2, 0) is 0 Å². The quantitative estimate of drug-likeness (QED) is 0.754. The third kappa shape index (κ3) is 3.68. The maximum Gasteiger partial charge on any atom is 0.134 e. The van der Waals surface area contributed by atoms with Crippen molar-refractivity contribution in [3.63, 3.8) is 0 Å². The third-order valence-electron chi connectivity index (χ3n) is 3.60. The van der Waals surface area contributed by atoms with Gasteiger partial charge in [0.15, 0.2) is 0 Å². The van der Waals surface area contributed by atoms with Crippen LogP contribution in [0, 0.1) is 13.8 Å². The van der Waals surface area contributed by atoms with Crippen molar-refractivity contribution >= 4 is 27.3 Å². The standard InChI is InChI=1S/C17H22BrNOS/c1-5-7-19-16(17-15(20-4)6-8-21-17)13-9-12(3)14(18)10-11(13)2/h6,8-10,16,19H,5,7H2,1-4H3. The van der Waals surface area contributed by atoms with Gasteiger partial charge in [0.1, 0.15) is 5.75 Å². The highest BCUT2D eigenvalue weighted by Gasteiger charge is 2.21. The van der Waals surface area contributed by atoms with Gasteiger partial charge in [0, 0.05) is 4.47 Å². The summed E-state index contributed by atoms with van der Waals surface area (Å²) in [5.74, 6) is 0.966. The van der Waals surface area contributed by atoms with E-state index < -0.39 is 0 Å². The molecule has 0 aliphatic rings. The molecule has 0 aliphatic carbocycles. The Morgan fingerprint density at radius 2 is 2.05 bits per heavy atom. The predicted octanol–water partition coefficient (Wildman–Crippen LogP) is 5.23. The van der Waals surface area contributed by atoms with Gasteiger partial charge in [0.05, 0.1) is 18.0 Å². The summed E-state index contributed by atoms with van der Waals surface area (Å²) in [7, 11) is 1.74. The highest BCUT2D eigenvalue weighted by molar-refractivity contribution is 9.10. The van der Waals surface area contributed by atoms with Crippen LogP contribution < -0.4 is 10.1 Å². The molecule has 1 N–H and O–H groups in total. The van der Waals surface area contributed by atoms with Crippen molar-refractivity contribution in [1.82, 2.24) is 5.32 Å². The Labute approximate surface area is 139 Å². The summed E-state index contributed by atoms with van der Waals surface area (Å²) in [4.78, 5) is 1.25. The molecule has 1 heterocycles. The van der Waals surface area contributed by atoms with E-state index in [4.69, 9.17) is 4.74 Å². The largest absolute Gasteiger partial charge is 0.496 e. The molecule has 1 aromatic heterocycles. The van der Waals surface area contributed by atoms with E-state index in [1.54, 1.807) is 18.4 Å². The lowest BCUT2D eigenvalue weighted by atomic mass is 9.97. The minimum absolute atomic E-state index is 0.187. The SMILES string of the molecule is CCCNC(c1cc(C)c(Br)cc1C)c1sccc1OC. The molecule has 2 nitrogen and oxygen atoms in total. The van der Waals surface area contributed by atoms with Crippen LogP contribution in [0.2, 0.25) is 0 Å². The topological polar surface area (TPSA) is 21.3 Å². The Morgan fingerprint density at radius 1 is 1.29 bits per heavy atom. The summed E-state index contributed by atoms with van der Waals surface area (Å²) in [6.45, 7) is 7.48. The molecule has 0 fully saturated rings. The second-order valence-corrected chi connectivity index (χ2v) is 7.00. The summed E-state index contributed by atoms with van der Waals surface area (Å²) in [5, 5.41) is 5.76. The Morgan fingerprint density at radius 3 is 2.71 bits per heavy atom. The van der Waals surface area contributed by atoms with E-state index in [0.717, 1.165) is 23.2 Å². The van der Waals surface area contributed by atoms with Crippen molar-refractivity contribution < 1.29 is 4.74 Å². The summed E-state index contributed by atoms with van der Waals surface area (Å²) >= 11 is 5.36. The van der Waals surface area contributed by atoms with Crippen molar-refractivity contribution in [3.8, 4) is 5.75 Å². The summed E-state index contributed by atoms with van der Waals surface area (Å²) in [5.41, 5.74) is 3.87. The van der Waals surface area contributed by atoms with E-state index in [1.807, 2.05) is 6.07 Å². The number of halogens is 1. The number of thiophene rings is 1. The van der Waals surface area contributed by atoms with Gasteiger partial charge in [-0.25, -0.2) is 0 Å². The van der Waals surface area contributed by atoms with Crippen LogP contribution in [0.25, 0.3) is 0 Å². The molecule has 1 aromatic carbocycles. The molecule has 0 radical (unpaired) electrons. The lowest BCUT2D eigenvalue weighted by molar-refractivity contribution is 0.407. The minimum Gasteiger partial charge on any atom is -0.496 e. The smallest absolute Gasteiger partial charge is 0.134 e. The molecule has 21 heavy (non-hydrogen) atoms. The molecule has 0 saturated heterocycles. The first-order valence-electron chi connectivity index (χ1n) is 7.19. The minimum atomic E-state index is 0.187. The molecule has 4 heteroatoms. The molecule has 2 rings (SSSR count). The normalized spacial score (nSPS) is 12.4. The second kappa shape index (κ2) is 7.43. The van der Waals surface area contributed by atoms with Gasteiger partial charge in [-0.15, -0.1) is 11.3 Å². The number of nitrogens with one attached hydrogen (secondary N) is 1. The zero-order chi connectivity index (χ0) is 15.4. The highest BCUT2D eigenvalue weighted by atomic mass is 79.9. The molecule has 0 spiro atoms. The van der Waals surface area contributed by atoms with Crippen LogP contribution in [0.4, 0.5) is 0 Å². The molecule has 1 atom stereocenters. The van der Waals surface area contributed by atoms with Gasteiger partial charge >= 0.3 is 0 Å². The van der Waals surface area contributed by atoms with Crippen LogP contribution in [0.3, 0.4) is 0 Å². The zero-order valence-corrected chi connectivity index (χ0v) is 15.4. The van der Waals surface area contributed by atoms with Crippen LogP contribution in [-0.4, -0.2) is 13.7 Å². The Hall–Kier alpha value is -0.840. The number of benzene rings is 1. The number of methoxy groups -OCH3 is 1. The van der Waals surface area contributed by atoms with E-state index in [9.17, 15) is 0 Å². The molecule has 0 saturated carbocycles. The molecular weight excluding hydrogens is 346 g/mol. The average molecular weight is 368 g/mol. The van der Waals surface area contributed by atoms with Gasteiger partial charge in [0.25, 0.3) is 0 Å². The Kier molecular flexibility index (Phi) is 5.85. The number of aryl methyl sites for hydroxylation is 2. The van der Waals surface area contributed by atoms with E-state index in [-0.39, 0.29) is 6.04 Å². The Balaban J connectivity index is 2.48. The summed E-state index contributed by atoms with van der Waals surface area (Å²) in [6.07, 6.45) is 1.11. The molecule has 0 bridgehead atoms. The van der Waals surface area contributed by atoms with Crippen molar-refractivity contribution in [3.05, 3.63) is 49.6 Å². The number of hydrogen-bond acceptors (Lipinski definition) is 3. The maximum atomic E-state index is 5.52. The van der Waals surface area contributed by atoms with Crippen LogP contribution in [0.5, 0.6) is 5.75 Å². The van der Waals surface area contributed by atoms with Gasteiger partial charge in [-0.3, -0.25) is 0 Å². The summed E-state index contributed by atoms with van der Waals surface area (Å²) in [6, 6.07) is 6.70. The predicted molar refractivity (Wildman–Crippen MR) is 94.6 cm³/mol. The molecule has 114 valence electrons. The van der Waals surface area contributed by atoms with Crippen LogP contribution in [0.15, 0.2) is 28.1 Å². The highest BCUT2D eigenvalue weighted by Crippen LogP contribution is 2.37. The zero-order valence-electron chi connectivity index (χ0n) is 13.0. The molecule has 2 aromatic rings. The van der Waals surface area contributed by atoms with E-state index in [0.29, 0.717) is 0 Å². The monoisotopic (exact) mass is 367 g/mol. The fraction of sp³-hybridized carbons (Fsp3) is 0.412. The number of ether oxygens (including phenoxy) is 1.